The molecule has 156 valence electrons. The molecule has 5 heterocycles. The smallest absolute Gasteiger partial charge is 0.164 e. The molecule has 0 spiro atoms. The van der Waals surface area contributed by atoms with Gasteiger partial charge >= 0.3 is 0 Å². The van der Waals surface area contributed by atoms with Crippen molar-refractivity contribution in [1.29, 1.82) is 0 Å². The predicted molar refractivity (Wildman–Crippen MR) is 126 cm³/mol. The normalized spacial score (nSPS) is 16.2. The number of thiophene rings is 1. The Hall–Kier alpha value is -2.77. The van der Waals surface area contributed by atoms with Gasteiger partial charge in [-0.1, -0.05) is 11.6 Å². The molecular formula is C23H21ClN6S. The quantitative estimate of drug-likeness (QED) is 0.456. The van der Waals surface area contributed by atoms with Crippen LogP contribution in [0.2, 0.25) is 5.02 Å². The first-order valence-corrected chi connectivity index (χ1v) is 11.8. The number of anilines is 2. The monoisotopic (exact) mass is 448 g/mol. The van der Waals surface area contributed by atoms with Crippen LogP contribution >= 0.6 is 22.9 Å². The Balaban J connectivity index is 1.39. The molecule has 0 amide bonds. The van der Waals surface area contributed by atoms with E-state index < -0.39 is 0 Å². The minimum Gasteiger partial charge on any atom is -0.352 e. The minimum absolute atomic E-state index is 0.704. The second-order valence-corrected chi connectivity index (χ2v) is 9.42. The van der Waals surface area contributed by atoms with Gasteiger partial charge in [0.2, 0.25) is 0 Å². The number of aryl methyl sites for hydroxylation is 2. The van der Waals surface area contributed by atoms with Gasteiger partial charge in [-0.3, -0.25) is 4.98 Å². The predicted octanol–water partition coefficient (Wildman–Crippen LogP) is 4.62. The molecule has 4 aromatic rings. The molecule has 0 bridgehead atoms. The topological polar surface area (TPSA) is 58.0 Å². The third-order valence-electron chi connectivity index (χ3n) is 6.08. The van der Waals surface area contributed by atoms with Crippen LogP contribution < -0.4 is 9.80 Å². The molecule has 0 radical (unpaired) electrons. The number of hydrogen-bond acceptors (Lipinski definition) is 7. The maximum absolute atomic E-state index is 6.38. The standard InChI is InChI=1S/C23H21ClN6S/c24-17-6-3-9-26-21(17)29-10-12-30(13-11-29)22-19-16-5-1-7-18(16)31-23(19)28-20(27-22)15-4-2-8-25-14-15/h2-4,6,8-9,14H,1,5,7,10-13H2. The van der Waals surface area contributed by atoms with Gasteiger partial charge in [0, 0.05) is 55.2 Å². The number of hydrogen-bond donors (Lipinski definition) is 0. The minimum atomic E-state index is 0.704. The molecular weight excluding hydrogens is 428 g/mol. The largest absolute Gasteiger partial charge is 0.352 e. The van der Waals surface area contributed by atoms with Crippen LogP contribution in [0.15, 0.2) is 42.9 Å². The Morgan fingerprint density at radius 1 is 0.903 bits per heavy atom. The molecule has 0 atom stereocenters. The Morgan fingerprint density at radius 3 is 2.48 bits per heavy atom. The molecule has 2 aliphatic rings. The fourth-order valence-electron chi connectivity index (χ4n) is 4.57. The van der Waals surface area contributed by atoms with Crippen molar-refractivity contribution >= 4 is 44.8 Å². The summed E-state index contributed by atoms with van der Waals surface area (Å²) in [6.07, 6.45) is 8.94. The number of piperazine rings is 1. The fraction of sp³-hybridized carbons (Fsp3) is 0.304. The van der Waals surface area contributed by atoms with Crippen molar-refractivity contribution < 1.29 is 0 Å². The third-order valence-corrected chi connectivity index (χ3v) is 7.56. The highest BCUT2D eigenvalue weighted by atomic mass is 35.5. The first-order chi connectivity index (χ1) is 15.3. The molecule has 1 fully saturated rings. The van der Waals surface area contributed by atoms with Crippen molar-refractivity contribution in [3.05, 3.63) is 58.3 Å². The van der Waals surface area contributed by atoms with Crippen molar-refractivity contribution in [2.75, 3.05) is 36.0 Å². The highest BCUT2D eigenvalue weighted by Crippen LogP contribution is 2.41. The molecule has 1 saturated heterocycles. The maximum Gasteiger partial charge on any atom is 0.164 e. The number of halogens is 1. The highest BCUT2D eigenvalue weighted by molar-refractivity contribution is 7.19. The molecule has 31 heavy (non-hydrogen) atoms. The van der Waals surface area contributed by atoms with Crippen molar-refractivity contribution in [3.8, 4) is 11.4 Å². The lowest BCUT2D eigenvalue weighted by molar-refractivity contribution is 0.643. The molecule has 4 aromatic heterocycles. The van der Waals surface area contributed by atoms with Gasteiger partial charge in [-0.2, -0.15) is 0 Å². The van der Waals surface area contributed by atoms with Crippen LogP contribution in [0.25, 0.3) is 21.6 Å². The average Bonchev–Trinajstić information content (AvgIpc) is 3.41. The maximum atomic E-state index is 6.38. The van der Waals surface area contributed by atoms with E-state index in [0.717, 1.165) is 66.9 Å². The molecule has 1 aliphatic heterocycles. The SMILES string of the molecule is Clc1cccnc1N1CCN(c2nc(-c3cccnc3)nc3sc4c(c23)CCC4)CC1. The second kappa shape index (κ2) is 7.73. The first kappa shape index (κ1) is 19.0. The van der Waals surface area contributed by atoms with Crippen LogP contribution in [-0.2, 0) is 12.8 Å². The summed E-state index contributed by atoms with van der Waals surface area (Å²) in [5.74, 6) is 2.69. The lowest BCUT2D eigenvalue weighted by Crippen LogP contribution is -2.47. The van der Waals surface area contributed by atoms with Crippen molar-refractivity contribution in [3.63, 3.8) is 0 Å². The second-order valence-electron chi connectivity index (χ2n) is 7.93. The van der Waals surface area contributed by atoms with Gasteiger partial charge in [0.25, 0.3) is 0 Å². The molecule has 0 N–H and O–H groups in total. The molecule has 0 unspecified atom stereocenters. The lowest BCUT2D eigenvalue weighted by atomic mass is 10.1. The summed E-state index contributed by atoms with van der Waals surface area (Å²) in [5.41, 5.74) is 2.42. The fourth-order valence-corrected chi connectivity index (χ4v) is 6.07. The van der Waals surface area contributed by atoms with E-state index in [-0.39, 0.29) is 0 Å². The number of fused-ring (bicyclic) bond motifs is 3. The van der Waals surface area contributed by atoms with E-state index in [1.807, 2.05) is 41.8 Å². The van der Waals surface area contributed by atoms with Gasteiger partial charge in [-0.05, 0) is 49.1 Å². The molecule has 0 saturated carbocycles. The Kier molecular flexibility index (Phi) is 4.73. The summed E-state index contributed by atoms with van der Waals surface area (Å²) in [6, 6.07) is 7.74. The van der Waals surface area contributed by atoms with Gasteiger partial charge in [0.05, 0.1) is 10.4 Å². The molecule has 6 nitrogen and oxygen atoms in total. The van der Waals surface area contributed by atoms with Crippen LogP contribution in [0.3, 0.4) is 0 Å². The van der Waals surface area contributed by atoms with Crippen LogP contribution in [0, 0.1) is 0 Å². The zero-order valence-electron chi connectivity index (χ0n) is 17.0. The van der Waals surface area contributed by atoms with Gasteiger partial charge in [-0.25, -0.2) is 15.0 Å². The molecule has 8 heteroatoms. The van der Waals surface area contributed by atoms with E-state index >= 15 is 0 Å². The molecule has 1 aliphatic carbocycles. The number of pyridine rings is 2. The van der Waals surface area contributed by atoms with E-state index in [1.165, 1.54) is 22.2 Å². The van der Waals surface area contributed by atoms with Crippen molar-refractivity contribution in [1.82, 2.24) is 19.9 Å². The average molecular weight is 449 g/mol. The Bertz CT molecular complexity index is 1250. The van der Waals surface area contributed by atoms with Crippen LogP contribution in [-0.4, -0.2) is 46.1 Å². The lowest BCUT2D eigenvalue weighted by Gasteiger charge is -2.36. The summed E-state index contributed by atoms with van der Waals surface area (Å²) in [5, 5.41) is 1.96. The van der Waals surface area contributed by atoms with Crippen LogP contribution in [0.5, 0.6) is 0 Å². The summed E-state index contributed by atoms with van der Waals surface area (Å²) >= 11 is 8.22. The summed E-state index contributed by atoms with van der Waals surface area (Å²) in [6.45, 7) is 3.46. The summed E-state index contributed by atoms with van der Waals surface area (Å²) in [4.78, 5) is 26.0. The van der Waals surface area contributed by atoms with Gasteiger partial charge in [0.1, 0.15) is 16.5 Å². The van der Waals surface area contributed by atoms with E-state index in [9.17, 15) is 0 Å². The van der Waals surface area contributed by atoms with Crippen LogP contribution in [0.4, 0.5) is 11.6 Å². The van der Waals surface area contributed by atoms with Gasteiger partial charge < -0.3 is 9.80 Å². The summed E-state index contributed by atoms with van der Waals surface area (Å²) < 4.78 is 0. The van der Waals surface area contributed by atoms with E-state index in [4.69, 9.17) is 21.6 Å². The van der Waals surface area contributed by atoms with E-state index in [0.29, 0.717) is 5.02 Å². The summed E-state index contributed by atoms with van der Waals surface area (Å²) in [7, 11) is 0. The molecule has 6 rings (SSSR count). The highest BCUT2D eigenvalue weighted by Gasteiger charge is 2.27. The Morgan fingerprint density at radius 2 is 1.71 bits per heavy atom. The zero-order chi connectivity index (χ0) is 20.8. The number of aromatic nitrogens is 4. The number of rotatable bonds is 3. The number of nitrogens with zero attached hydrogens (tertiary/aromatic N) is 6. The van der Waals surface area contributed by atoms with E-state index in [1.54, 1.807) is 12.4 Å². The first-order valence-electron chi connectivity index (χ1n) is 10.6. The van der Waals surface area contributed by atoms with Crippen molar-refractivity contribution in [2.45, 2.75) is 19.3 Å². The van der Waals surface area contributed by atoms with Gasteiger partial charge in [0.15, 0.2) is 5.82 Å². The molecule has 0 aromatic carbocycles. The van der Waals surface area contributed by atoms with Crippen LogP contribution in [0.1, 0.15) is 16.9 Å². The zero-order valence-corrected chi connectivity index (χ0v) is 18.5. The van der Waals surface area contributed by atoms with Gasteiger partial charge in [-0.15, -0.1) is 11.3 Å². The van der Waals surface area contributed by atoms with E-state index in [2.05, 4.69) is 19.8 Å². The third kappa shape index (κ3) is 3.32. The van der Waals surface area contributed by atoms with Crippen molar-refractivity contribution in [2.24, 2.45) is 0 Å². The Labute approximate surface area is 189 Å².